The van der Waals surface area contributed by atoms with Gasteiger partial charge < -0.3 is 5.32 Å². The SMILES string of the molecule is CCCCCC(C)(CNCC(C)C)C1CC1. The average molecular weight is 225 g/mol. The van der Waals surface area contributed by atoms with Crippen LogP contribution in [0.15, 0.2) is 0 Å². The van der Waals surface area contributed by atoms with Gasteiger partial charge in [-0.05, 0) is 43.1 Å². The molecular weight excluding hydrogens is 194 g/mol. The van der Waals surface area contributed by atoms with Crippen LogP contribution in [0, 0.1) is 17.3 Å². The largest absolute Gasteiger partial charge is 0.316 e. The van der Waals surface area contributed by atoms with Crippen molar-refractivity contribution in [3.63, 3.8) is 0 Å². The summed E-state index contributed by atoms with van der Waals surface area (Å²) in [5.74, 6) is 1.79. The Hall–Kier alpha value is -0.0400. The molecule has 1 heteroatoms. The van der Waals surface area contributed by atoms with Gasteiger partial charge in [0.15, 0.2) is 0 Å². The maximum absolute atomic E-state index is 3.67. The average Bonchev–Trinajstić information content (AvgIpc) is 3.00. The van der Waals surface area contributed by atoms with Crippen LogP contribution in [0.4, 0.5) is 0 Å². The fourth-order valence-electron chi connectivity index (χ4n) is 2.64. The highest BCUT2D eigenvalue weighted by molar-refractivity contribution is 4.92. The van der Waals surface area contributed by atoms with Crippen molar-refractivity contribution in [2.24, 2.45) is 17.3 Å². The molecular formula is C15H31N. The van der Waals surface area contributed by atoms with Crippen molar-refractivity contribution in [1.29, 1.82) is 0 Å². The third kappa shape index (κ3) is 4.86. The minimum absolute atomic E-state index is 0.587. The molecule has 0 radical (unpaired) electrons. The molecule has 1 N–H and O–H groups in total. The smallest absolute Gasteiger partial charge is 0.000793 e. The van der Waals surface area contributed by atoms with Crippen molar-refractivity contribution in [1.82, 2.24) is 5.32 Å². The van der Waals surface area contributed by atoms with Crippen LogP contribution < -0.4 is 5.32 Å². The fraction of sp³-hybridized carbons (Fsp3) is 1.00. The molecule has 1 unspecified atom stereocenters. The standard InChI is InChI=1S/C15H31N/c1-5-6-7-10-15(4,14-8-9-14)12-16-11-13(2)3/h13-14,16H,5-12H2,1-4H3. The van der Waals surface area contributed by atoms with Crippen molar-refractivity contribution in [3.8, 4) is 0 Å². The Labute approximate surface area is 102 Å². The monoisotopic (exact) mass is 225 g/mol. The molecule has 0 saturated heterocycles. The van der Waals surface area contributed by atoms with E-state index < -0.39 is 0 Å². The molecule has 1 aliphatic carbocycles. The van der Waals surface area contributed by atoms with E-state index in [-0.39, 0.29) is 0 Å². The highest BCUT2D eigenvalue weighted by atomic mass is 14.9. The van der Waals surface area contributed by atoms with Gasteiger partial charge in [0.2, 0.25) is 0 Å². The Balaban J connectivity index is 2.27. The molecule has 0 bridgehead atoms. The van der Waals surface area contributed by atoms with Crippen LogP contribution in [0.2, 0.25) is 0 Å². The van der Waals surface area contributed by atoms with Gasteiger partial charge in [0, 0.05) is 6.54 Å². The molecule has 0 heterocycles. The van der Waals surface area contributed by atoms with Gasteiger partial charge >= 0.3 is 0 Å². The van der Waals surface area contributed by atoms with Gasteiger partial charge in [-0.1, -0.05) is 47.0 Å². The first-order valence-electron chi connectivity index (χ1n) is 7.29. The minimum atomic E-state index is 0.587. The Bertz CT molecular complexity index is 184. The Morgan fingerprint density at radius 1 is 1.25 bits per heavy atom. The van der Waals surface area contributed by atoms with E-state index in [1.807, 2.05) is 0 Å². The van der Waals surface area contributed by atoms with Crippen molar-refractivity contribution in [2.45, 2.75) is 66.2 Å². The van der Waals surface area contributed by atoms with E-state index in [1.54, 1.807) is 0 Å². The molecule has 16 heavy (non-hydrogen) atoms. The molecule has 1 atom stereocenters. The predicted molar refractivity (Wildman–Crippen MR) is 72.7 cm³/mol. The normalized spacial score (nSPS) is 20.1. The summed E-state index contributed by atoms with van der Waals surface area (Å²) in [7, 11) is 0. The summed E-state index contributed by atoms with van der Waals surface area (Å²) in [5, 5.41) is 3.67. The lowest BCUT2D eigenvalue weighted by Gasteiger charge is -2.30. The van der Waals surface area contributed by atoms with Crippen LogP contribution in [0.25, 0.3) is 0 Å². The van der Waals surface area contributed by atoms with E-state index in [9.17, 15) is 0 Å². The molecule has 1 rings (SSSR count). The van der Waals surface area contributed by atoms with E-state index in [2.05, 4.69) is 33.0 Å². The zero-order chi connectivity index (χ0) is 12.0. The van der Waals surface area contributed by atoms with E-state index >= 15 is 0 Å². The van der Waals surface area contributed by atoms with Gasteiger partial charge in [-0.2, -0.15) is 0 Å². The van der Waals surface area contributed by atoms with Crippen LogP contribution in [0.1, 0.15) is 66.2 Å². The summed E-state index contributed by atoms with van der Waals surface area (Å²) in [4.78, 5) is 0. The highest BCUT2D eigenvalue weighted by Crippen LogP contribution is 2.48. The zero-order valence-corrected chi connectivity index (χ0v) is 11.8. The van der Waals surface area contributed by atoms with Crippen molar-refractivity contribution >= 4 is 0 Å². The first-order valence-corrected chi connectivity index (χ1v) is 7.29. The van der Waals surface area contributed by atoms with Gasteiger partial charge in [-0.15, -0.1) is 0 Å². The van der Waals surface area contributed by atoms with Gasteiger partial charge in [0.25, 0.3) is 0 Å². The second-order valence-corrected chi connectivity index (χ2v) is 6.41. The summed E-state index contributed by atoms with van der Waals surface area (Å²) in [6.45, 7) is 11.8. The van der Waals surface area contributed by atoms with Gasteiger partial charge in [0.05, 0.1) is 0 Å². The first kappa shape index (κ1) is 14.0. The lowest BCUT2D eigenvalue weighted by Crippen LogP contribution is -2.35. The van der Waals surface area contributed by atoms with Crippen molar-refractivity contribution in [2.75, 3.05) is 13.1 Å². The summed E-state index contributed by atoms with van der Waals surface area (Å²) in [5.41, 5.74) is 0.587. The predicted octanol–water partition coefficient (Wildman–Crippen LogP) is 4.23. The fourth-order valence-corrected chi connectivity index (χ4v) is 2.64. The van der Waals surface area contributed by atoms with Gasteiger partial charge in [-0.25, -0.2) is 0 Å². The highest BCUT2D eigenvalue weighted by Gasteiger charge is 2.40. The minimum Gasteiger partial charge on any atom is -0.316 e. The summed E-state index contributed by atoms with van der Waals surface area (Å²) < 4.78 is 0. The van der Waals surface area contributed by atoms with E-state index in [1.165, 1.54) is 51.6 Å². The van der Waals surface area contributed by atoms with E-state index in [0.717, 1.165) is 11.8 Å². The maximum Gasteiger partial charge on any atom is 0.000793 e. The molecule has 96 valence electrons. The lowest BCUT2D eigenvalue weighted by atomic mass is 9.79. The molecule has 1 aliphatic rings. The Kier molecular flexibility index (Phi) is 5.82. The lowest BCUT2D eigenvalue weighted by molar-refractivity contribution is 0.226. The maximum atomic E-state index is 3.67. The van der Waals surface area contributed by atoms with Gasteiger partial charge in [-0.3, -0.25) is 0 Å². The van der Waals surface area contributed by atoms with Crippen molar-refractivity contribution in [3.05, 3.63) is 0 Å². The Morgan fingerprint density at radius 2 is 1.94 bits per heavy atom. The molecule has 1 fully saturated rings. The summed E-state index contributed by atoms with van der Waals surface area (Å²) >= 11 is 0. The molecule has 1 saturated carbocycles. The van der Waals surface area contributed by atoms with Crippen LogP contribution >= 0.6 is 0 Å². The van der Waals surface area contributed by atoms with Gasteiger partial charge in [0.1, 0.15) is 0 Å². The quantitative estimate of drug-likeness (QED) is 0.579. The molecule has 0 aromatic carbocycles. The van der Waals surface area contributed by atoms with Crippen molar-refractivity contribution < 1.29 is 0 Å². The van der Waals surface area contributed by atoms with Crippen LogP contribution in [-0.4, -0.2) is 13.1 Å². The second-order valence-electron chi connectivity index (χ2n) is 6.41. The van der Waals surface area contributed by atoms with E-state index in [4.69, 9.17) is 0 Å². The summed E-state index contributed by atoms with van der Waals surface area (Å²) in [6.07, 6.45) is 8.56. The molecule has 0 aromatic rings. The second kappa shape index (κ2) is 6.64. The number of unbranched alkanes of at least 4 members (excludes halogenated alkanes) is 2. The third-order valence-electron chi connectivity index (χ3n) is 4.00. The molecule has 0 amide bonds. The zero-order valence-electron chi connectivity index (χ0n) is 11.8. The van der Waals surface area contributed by atoms with E-state index in [0.29, 0.717) is 5.41 Å². The van der Waals surface area contributed by atoms with Crippen LogP contribution in [0.5, 0.6) is 0 Å². The van der Waals surface area contributed by atoms with Crippen LogP contribution in [-0.2, 0) is 0 Å². The number of hydrogen-bond acceptors (Lipinski definition) is 1. The number of nitrogens with one attached hydrogen (secondary N) is 1. The topological polar surface area (TPSA) is 12.0 Å². The van der Waals surface area contributed by atoms with Crippen LogP contribution in [0.3, 0.4) is 0 Å². The third-order valence-corrected chi connectivity index (χ3v) is 4.00. The Morgan fingerprint density at radius 3 is 2.44 bits per heavy atom. The molecule has 0 spiro atoms. The number of rotatable bonds is 9. The summed E-state index contributed by atoms with van der Waals surface area (Å²) in [6, 6.07) is 0. The number of hydrogen-bond donors (Lipinski definition) is 1. The molecule has 1 nitrogen and oxygen atoms in total. The molecule has 0 aromatic heterocycles. The molecule has 0 aliphatic heterocycles. The first-order chi connectivity index (χ1) is 7.58.